The number of aromatic nitrogens is 2. The first-order chi connectivity index (χ1) is 8.19. The van der Waals surface area contributed by atoms with Crippen molar-refractivity contribution in [2.75, 3.05) is 19.6 Å². The van der Waals surface area contributed by atoms with Gasteiger partial charge < -0.3 is 10.0 Å². The Morgan fingerprint density at radius 1 is 1.71 bits per heavy atom. The lowest BCUT2D eigenvalue weighted by Gasteiger charge is -2.31. The maximum absolute atomic E-state index is 10.7. The number of H-pyrrole nitrogens is 1. The van der Waals surface area contributed by atoms with Gasteiger partial charge in [-0.3, -0.25) is 5.10 Å². The molecule has 1 aromatic heterocycles. The Labute approximate surface area is 101 Å². The number of hydrogen-bond acceptors (Lipinski definition) is 3. The number of hydrogen-bond donors (Lipinski definition) is 2. The van der Waals surface area contributed by atoms with E-state index < -0.39 is 5.97 Å². The van der Waals surface area contributed by atoms with E-state index in [4.69, 9.17) is 5.11 Å². The van der Waals surface area contributed by atoms with Crippen LogP contribution in [0.25, 0.3) is 0 Å². The third-order valence-electron chi connectivity index (χ3n) is 3.41. The number of carboxylic acids is 1. The fourth-order valence-electron chi connectivity index (χ4n) is 2.49. The third-order valence-corrected chi connectivity index (χ3v) is 3.41. The average molecular weight is 237 g/mol. The normalized spacial score (nSPS) is 21.6. The minimum absolute atomic E-state index is 0.114. The monoisotopic (exact) mass is 237 g/mol. The number of aromatic carboxylic acids is 1. The summed E-state index contributed by atoms with van der Waals surface area (Å²) in [5, 5.41) is 15.4. The molecule has 5 nitrogen and oxygen atoms in total. The van der Waals surface area contributed by atoms with E-state index in [0.717, 1.165) is 25.2 Å². The van der Waals surface area contributed by atoms with Gasteiger partial charge in [-0.15, -0.1) is 0 Å². The summed E-state index contributed by atoms with van der Waals surface area (Å²) in [6, 6.07) is 1.65. The van der Waals surface area contributed by atoms with Crippen LogP contribution < -0.4 is 0 Å². The standard InChI is InChI=1S/C12H19N3O2/c1-2-15-5-3-4-9(8-15)6-10-7-11(12(16)17)14-13-10/h7,9H,2-6,8H2,1H3,(H,13,14)(H,16,17). The van der Waals surface area contributed by atoms with Gasteiger partial charge in [0.25, 0.3) is 0 Å². The fraction of sp³-hybridized carbons (Fsp3) is 0.667. The van der Waals surface area contributed by atoms with Crippen LogP contribution in [0.15, 0.2) is 6.07 Å². The third kappa shape index (κ3) is 3.06. The molecule has 0 bridgehead atoms. The summed E-state index contributed by atoms with van der Waals surface area (Å²) in [7, 11) is 0. The maximum Gasteiger partial charge on any atom is 0.356 e. The Bertz CT molecular complexity index is 389. The summed E-state index contributed by atoms with van der Waals surface area (Å²) >= 11 is 0. The van der Waals surface area contributed by atoms with Crippen molar-refractivity contribution < 1.29 is 9.90 Å². The van der Waals surface area contributed by atoms with Gasteiger partial charge in [-0.05, 0) is 44.3 Å². The maximum atomic E-state index is 10.7. The van der Waals surface area contributed by atoms with Gasteiger partial charge in [0, 0.05) is 12.2 Å². The van der Waals surface area contributed by atoms with Gasteiger partial charge in [0.05, 0.1) is 0 Å². The van der Waals surface area contributed by atoms with Crippen LogP contribution in [0.3, 0.4) is 0 Å². The van der Waals surface area contributed by atoms with E-state index in [2.05, 4.69) is 22.0 Å². The molecule has 94 valence electrons. The predicted octanol–water partition coefficient (Wildman–Crippen LogP) is 1.38. The molecular formula is C12H19N3O2. The number of piperidine rings is 1. The molecule has 1 unspecified atom stereocenters. The smallest absolute Gasteiger partial charge is 0.356 e. The molecule has 1 atom stereocenters. The van der Waals surface area contributed by atoms with E-state index in [-0.39, 0.29) is 5.69 Å². The first-order valence-electron chi connectivity index (χ1n) is 6.19. The lowest BCUT2D eigenvalue weighted by Crippen LogP contribution is -2.35. The number of likely N-dealkylation sites (tertiary alicyclic amines) is 1. The molecule has 1 aliphatic rings. The number of carbonyl (C=O) groups is 1. The van der Waals surface area contributed by atoms with Crippen molar-refractivity contribution >= 4 is 5.97 Å². The number of carboxylic acid groups (broad SMARTS) is 1. The van der Waals surface area contributed by atoms with E-state index >= 15 is 0 Å². The molecule has 17 heavy (non-hydrogen) atoms. The van der Waals surface area contributed by atoms with Gasteiger partial charge in [-0.1, -0.05) is 6.92 Å². The van der Waals surface area contributed by atoms with Gasteiger partial charge >= 0.3 is 5.97 Å². The van der Waals surface area contributed by atoms with Crippen LogP contribution in [0.2, 0.25) is 0 Å². The highest BCUT2D eigenvalue weighted by Crippen LogP contribution is 2.20. The summed E-state index contributed by atoms with van der Waals surface area (Å²) in [6.45, 7) is 5.58. The van der Waals surface area contributed by atoms with E-state index in [1.807, 2.05) is 0 Å². The van der Waals surface area contributed by atoms with Crippen molar-refractivity contribution in [3.63, 3.8) is 0 Å². The molecular weight excluding hydrogens is 218 g/mol. The van der Waals surface area contributed by atoms with Gasteiger partial charge in [-0.25, -0.2) is 4.79 Å². The zero-order valence-electron chi connectivity index (χ0n) is 10.1. The highest BCUT2D eigenvalue weighted by atomic mass is 16.4. The molecule has 0 radical (unpaired) electrons. The van der Waals surface area contributed by atoms with Crippen LogP contribution >= 0.6 is 0 Å². The molecule has 2 heterocycles. The zero-order chi connectivity index (χ0) is 12.3. The topological polar surface area (TPSA) is 69.2 Å². The SMILES string of the molecule is CCN1CCCC(Cc2cc(C(=O)O)n[nH]2)C1. The van der Waals surface area contributed by atoms with Gasteiger partial charge in [0.15, 0.2) is 5.69 Å². The fourth-order valence-corrected chi connectivity index (χ4v) is 2.49. The molecule has 0 amide bonds. The highest BCUT2D eigenvalue weighted by molar-refractivity contribution is 5.85. The zero-order valence-corrected chi connectivity index (χ0v) is 10.1. The molecule has 2 rings (SSSR count). The second-order valence-electron chi connectivity index (χ2n) is 4.69. The minimum Gasteiger partial charge on any atom is -0.476 e. The molecule has 1 aliphatic heterocycles. The van der Waals surface area contributed by atoms with Crippen molar-refractivity contribution in [2.24, 2.45) is 5.92 Å². The Morgan fingerprint density at radius 3 is 3.18 bits per heavy atom. The number of rotatable bonds is 4. The summed E-state index contributed by atoms with van der Waals surface area (Å²) in [6.07, 6.45) is 3.35. The van der Waals surface area contributed by atoms with E-state index in [0.29, 0.717) is 5.92 Å². The van der Waals surface area contributed by atoms with E-state index in [1.165, 1.54) is 19.4 Å². The van der Waals surface area contributed by atoms with Crippen LogP contribution in [0.1, 0.15) is 35.9 Å². The van der Waals surface area contributed by atoms with E-state index in [1.54, 1.807) is 6.07 Å². The number of nitrogens with zero attached hydrogens (tertiary/aromatic N) is 2. The summed E-state index contributed by atoms with van der Waals surface area (Å²) in [5.74, 6) is -0.350. The second-order valence-corrected chi connectivity index (χ2v) is 4.69. The minimum atomic E-state index is -0.966. The largest absolute Gasteiger partial charge is 0.476 e. The van der Waals surface area contributed by atoms with Crippen LogP contribution in [-0.2, 0) is 6.42 Å². The summed E-state index contributed by atoms with van der Waals surface area (Å²) in [5.41, 5.74) is 1.05. The van der Waals surface area contributed by atoms with Crippen molar-refractivity contribution in [1.82, 2.24) is 15.1 Å². The van der Waals surface area contributed by atoms with Crippen LogP contribution in [0, 0.1) is 5.92 Å². The molecule has 1 saturated heterocycles. The molecule has 0 spiro atoms. The first-order valence-corrected chi connectivity index (χ1v) is 6.19. The van der Waals surface area contributed by atoms with Crippen molar-refractivity contribution in [3.8, 4) is 0 Å². The van der Waals surface area contributed by atoms with E-state index in [9.17, 15) is 4.79 Å². The second kappa shape index (κ2) is 5.31. The summed E-state index contributed by atoms with van der Waals surface area (Å²) in [4.78, 5) is 13.2. The van der Waals surface area contributed by atoms with Crippen molar-refractivity contribution in [2.45, 2.75) is 26.2 Å². The molecule has 1 fully saturated rings. The Balaban J connectivity index is 1.93. The Hall–Kier alpha value is -1.36. The molecule has 0 aromatic carbocycles. The van der Waals surface area contributed by atoms with Gasteiger partial charge in [0.2, 0.25) is 0 Å². The lowest BCUT2D eigenvalue weighted by molar-refractivity contribution is 0.0690. The van der Waals surface area contributed by atoms with Gasteiger partial charge in [-0.2, -0.15) is 5.10 Å². The van der Waals surface area contributed by atoms with Gasteiger partial charge in [0.1, 0.15) is 0 Å². The predicted molar refractivity (Wildman–Crippen MR) is 64.1 cm³/mol. The quantitative estimate of drug-likeness (QED) is 0.830. The Morgan fingerprint density at radius 2 is 2.53 bits per heavy atom. The summed E-state index contributed by atoms with van der Waals surface area (Å²) < 4.78 is 0. The van der Waals surface area contributed by atoms with Crippen LogP contribution in [0.5, 0.6) is 0 Å². The average Bonchev–Trinajstić information content (AvgIpc) is 2.78. The molecule has 0 aliphatic carbocycles. The molecule has 5 heteroatoms. The number of aromatic amines is 1. The highest BCUT2D eigenvalue weighted by Gasteiger charge is 2.20. The molecule has 0 saturated carbocycles. The number of nitrogens with one attached hydrogen (secondary N) is 1. The van der Waals surface area contributed by atoms with Crippen molar-refractivity contribution in [3.05, 3.63) is 17.5 Å². The Kier molecular flexibility index (Phi) is 3.78. The van der Waals surface area contributed by atoms with Crippen LogP contribution in [0.4, 0.5) is 0 Å². The van der Waals surface area contributed by atoms with Crippen LogP contribution in [-0.4, -0.2) is 45.8 Å². The lowest BCUT2D eigenvalue weighted by atomic mass is 9.93. The molecule has 2 N–H and O–H groups in total. The molecule has 1 aromatic rings. The first kappa shape index (κ1) is 12.1. The van der Waals surface area contributed by atoms with Crippen molar-refractivity contribution in [1.29, 1.82) is 0 Å².